The number of aromatic nitrogens is 3. The second-order valence-electron chi connectivity index (χ2n) is 13.4. The Morgan fingerprint density at radius 2 is 1.95 bits per heavy atom. The van der Waals surface area contributed by atoms with E-state index in [9.17, 15) is 19.6 Å². The predicted molar refractivity (Wildman–Crippen MR) is 160 cm³/mol. The number of hydrogen-bond donors (Lipinski definition) is 3. The van der Waals surface area contributed by atoms with Crippen molar-refractivity contribution in [3.05, 3.63) is 63.8 Å². The molecule has 2 aromatic heterocycles. The molecule has 5 atom stereocenters. The number of amides is 2. The number of pyridine rings is 1. The Kier molecular flexibility index (Phi) is 7.34. The fourth-order valence-corrected chi connectivity index (χ4v) is 6.44. The van der Waals surface area contributed by atoms with Crippen molar-refractivity contribution in [1.82, 2.24) is 25.2 Å². The Balaban J connectivity index is 1.38. The van der Waals surface area contributed by atoms with Gasteiger partial charge in [-0.2, -0.15) is 5.26 Å². The molecular formula is C32H39N7O3. The zero-order valence-corrected chi connectivity index (χ0v) is 25.3. The highest BCUT2D eigenvalue weighted by Gasteiger charge is 2.69. The van der Waals surface area contributed by atoms with Crippen LogP contribution in [0.15, 0.2) is 41.3 Å². The van der Waals surface area contributed by atoms with Crippen molar-refractivity contribution in [3.8, 4) is 6.07 Å². The molecule has 10 nitrogen and oxygen atoms in total. The minimum absolute atomic E-state index is 0.0187. The first-order valence-corrected chi connectivity index (χ1v) is 14.4. The summed E-state index contributed by atoms with van der Waals surface area (Å²) in [5.41, 5.74) is 1.32. The molecule has 42 heavy (non-hydrogen) atoms. The number of likely N-dealkylation sites (tertiary alicyclic amines) is 1. The SMILES string of the molecule is Cc1ccc2[nH]c(=O)c(CC(C#N)NC(=O)[C@@H]3[C@H]4[C@H](CN3C(=O)[C@@H](Nc3ccnc(C)n3)C(C)(C)C)C4(C)C)cc2c1. The summed E-state index contributed by atoms with van der Waals surface area (Å²) in [6, 6.07) is 9.10. The van der Waals surface area contributed by atoms with Gasteiger partial charge in [0.1, 0.15) is 29.8 Å². The fraction of sp³-hybridized carbons (Fsp3) is 0.500. The smallest absolute Gasteiger partial charge is 0.251 e. The van der Waals surface area contributed by atoms with E-state index in [1.165, 1.54) is 0 Å². The molecule has 2 aliphatic rings. The van der Waals surface area contributed by atoms with Crippen LogP contribution in [0.1, 0.15) is 51.6 Å². The number of aryl methyl sites for hydroxylation is 2. The van der Waals surface area contributed by atoms with Crippen LogP contribution in [-0.2, 0) is 16.0 Å². The van der Waals surface area contributed by atoms with Crippen molar-refractivity contribution in [1.29, 1.82) is 5.26 Å². The molecule has 3 aromatic rings. The lowest BCUT2D eigenvalue weighted by Gasteiger charge is -2.38. The zero-order chi connectivity index (χ0) is 30.6. The molecular weight excluding hydrogens is 530 g/mol. The van der Waals surface area contributed by atoms with Gasteiger partial charge in [0.15, 0.2) is 0 Å². The lowest BCUT2D eigenvalue weighted by atomic mass is 9.85. The number of rotatable bonds is 7. The van der Waals surface area contributed by atoms with E-state index in [4.69, 9.17) is 0 Å². The van der Waals surface area contributed by atoms with Gasteiger partial charge in [0.05, 0.1) is 6.07 Å². The maximum Gasteiger partial charge on any atom is 0.251 e. The quantitative estimate of drug-likeness (QED) is 0.395. The van der Waals surface area contributed by atoms with Gasteiger partial charge in [0.2, 0.25) is 11.8 Å². The van der Waals surface area contributed by atoms with E-state index in [1.54, 1.807) is 30.2 Å². The average Bonchev–Trinajstić information content (AvgIpc) is 3.23. The third-order valence-electron chi connectivity index (χ3n) is 8.91. The Bertz CT molecular complexity index is 1650. The van der Waals surface area contributed by atoms with Crippen LogP contribution in [0.3, 0.4) is 0 Å². The van der Waals surface area contributed by atoms with Crippen LogP contribution < -0.4 is 16.2 Å². The summed E-state index contributed by atoms with van der Waals surface area (Å²) in [5.74, 6) is 0.746. The van der Waals surface area contributed by atoms with E-state index in [0.29, 0.717) is 29.3 Å². The standard InChI is InChI=1S/C32H39N7O3/c1-17-8-9-23-19(12-17)13-20(28(40)37-23)14-21(15-33)36-29(41)26-25-22(32(25,6)7)16-39(26)30(42)27(31(3,4)5)38-24-10-11-34-18(2)35-24/h8-13,21-22,25-27H,14,16H2,1-7H3,(H,36,41)(H,37,40)(H,34,35,38)/t21?,22-,25+,26-,27+/m0/s1. The maximum atomic E-state index is 14.1. The Labute approximate surface area is 245 Å². The summed E-state index contributed by atoms with van der Waals surface area (Å²) in [5, 5.41) is 17.0. The summed E-state index contributed by atoms with van der Waals surface area (Å²) in [4.78, 5) is 53.9. The zero-order valence-electron chi connectivity index (χ0n) is 25.3. The molecule has 10 heteroatoms. The Morgan fingerprint density at radius 3 is 2.62 bits per heavy atom. The van der Waals surface area contributed by atoms with Crippen LogP contribution in [0.2, 0.25) is 0 Å². The van der Waals surface area contributed by atoms with Crippen molar-refractivity contribution in [2.45, 2.75) is 73.0 Å². The molecule has 1 aliphatic heterocycles. The second kappa shape index (κ2) is 10.5. The van der Waals surface area contributed by atoms with Crippen molar-refractivity contribution >= 4 is 28.5 Å². The van der Waals surface area contributed by atoms with Gasteiger partial charge in [-0.1, -0.05) is 46.2 Å². The van der Waals surface area contributed by atoms with Gasteiger partial charge in [-0.05, 0) is 66.2 Å². The van der Waals surface area contributed by atoms with Crippen LogP contribution >= 0.6 is 0 Å². The van der Waals surface area contributed by atoms with Crippen LogP contribution in [0.25, 0.3) is 10.9 Å². The fourth-order valence-electron chi connectivity index (χ4n) is 6.44. The monoisotopic (exact) mass is 569 g/mol. The highest BCUT2D eigenvalue weighted by molar-refractivity contribution is 5.93. The second-order valence-corrected chi connectivity index (χ2v) is 13.4. The number of piperidine rings is 1. The van der Waals surface area contributed by atoms with Crippen molar-refractivity contribution in [3.63, 3.8) is 0 Å². The summed E-state index contributed by atoms with van der Waals surface area (Å²) in [6.07, 6.45) is 1.70. The first-order valence-electron chi connectivity index (χ1n) is 14.4. The number of nitrogens with one attached hydrogen (secondary N) is 3. The molecule has 1 aromatic carbocycles. The van der Waals surface area contributed by atoms with Gasteiger partial charge in [-0.25, -0.2) is 9.97 Å². The highest BCUT2D eigenvalue weighted by atomic mass is 16.2. The molecule has 3 N–H and O–H groups in total. The number of hydrogen-bond acceptors (Lipinski definition) is 7. The number of carbonyl (C=O) groups is 2. The topological polar surface area (TPSA) is 144 Å². The van der Waals surface area contributed by atoms with Gasteiger partial charge < -0.3 is 20.5 Å². The molecule has 2 fully saturated rings. The lowest BCUT2D eigenvalue weighted by Crippen LogP contribution is -2.57. The lowest BCUT2D eigenvalue weighted by molar-refractivity contribution is -0.142. The Hall–Kier alpha value is -4.26. The largest absolute Gasteiger partial charge is 0.358 e. The van der Waals surface area contributed by atoms with Gasteiger partial charge in [-0.3, -0.25) is 14.4 Å². The minimum Gasteiger partial charge on any atom is -0.358 e. The molecule has 1 saturated heterocycles. The van der Waals surface area contributed by atoms with Gasteiger partial charge >= 0.3 is 0 Å². The normalized spacial score (nSPS) is 22.1. The number of carbonyl (C=O) groups excluding carboxylic acids is 2. The molecule has 1 saturated carbocycles. The number of benzene rings is 1. The Morgan fingerprint density at radius 1 is 1.21 bits per heavy atom. The van der Waals surface area contributed by atoms with Gasteiger partial charge in [-0.15, -0.1) is 0 Å². The van der Waals surface area contributed by atoms with Gasteiger partial charge in [0.25, 0.3) is 5.56 Å². The molecule has 5 rings (SSSR count). The summed E-state index contributed by atoms with van der Waals surface area (Å²) < 4.78 is 0. The maximum absolute atomic E-state index is 14.1. The first kappa shape index (κ1) is 29.2. The van der Waals surface area contributed by atoms with E-state index in [0.717, 1.165) is 10.9 Å². The summed E-state index contributed by atoms with van der Waals surface area (Å²) >= 11 is 0. The predicted octanol–water partition coefficient (Wildman–Crippen LogP) is 3.50. The number of nitriles is 1. The molecule has 0 bridgehead atoms. The molecule has 1 unspecified atom stereocenters. The van der Waals surface area contributed by atoms with Crippen molar-refractivity contribution in [2.24, 2.45) is 22.7 Å². The van der Waals surface area contributed by atoms with Crippen LogP contribution in [0, 0.1) is 47.8 Å². The third kappa shape index (κ3) is 5.48. The van der Waals surface area contributed by atoms with Crippen molar-refractivity contribution < 1.29 is 9.59 Å². The first-order chi connectivity index (χ1) is 19.7. The summed E-state index contributed by atoms with van der Waals surface area (Å²) in [6.45, 7) is 14.4. The molecule has 3 heterocycles. The van der Waals surface area contributed by atoms with E-state index in [2.05, 4.69) is 45.5 Å². The highest BCUT2D eigenvalue weighted by Crippen LogP contribution is 2.65. The van der Waals surface area contributed by atoms with Crippen molar-refractivity contribution in [2.75, 3.05) is 11.9 Å². The van der Waals surface area contributed by atoms with Gasteiger partial charge in [0, 0.05) is 30.2 Å². The van der Waals surface area contributed by atoms with E-state index >= 15 is 0 Å². The number of nitrogens with zero attached hydrogens (tertiary/aromatic N) is 4. The molecule has 220 valence electrons. The van der Waals surface area contributed by atoms with Crippen LogP contribution in [-0.4, -0.2) is 56.3 Å². The number of aromatic amines is 1. The summed E-state index contributed by atoms with van der Waals surface area (Å²) in [7, 11) is 0. The minimum atomic E-state index is -0.931. The average molecular weight is 570 g/mol. The van der Waals surface area contributed by atoms with E-state index in [1.807, 2.05) is 45.9 Å². The number of fused-ring (bicyclic) bond motifs is 2. The van der Waals surface area contributed by atoms with E-state index < -0.39 is 23.5 Å². The molecule has 2 amide bonds. The van der Waals surface area contributed by atoms with Crippen LogP contribution in [0.5, 0.6) is 0 Å². The van der Waals surface area contributed by atoms with Crippen LogP contribution in [0.4, 0.5) is 5.82 Å². The third-order valence-corrected chi connectivity index (χ3v) is 8.91. The molecule has 1 aliphatic carbocycles. The molecule has 0 spiro atoms. The van der Waals surface area contributed by atoms with E-state index in [-0.39, 0.29) is 41.0 Å². The number of H-pyrrole nitrogens is 1. The number of anilines is 1. The molecule has 0 radical (unpaired) electrons.